The zero-order valence-corrected chi connectivity index (χ0v) is 34.5. The first-order valence-electron chi connectivity index (χ1n) is 19.5. The summed E-state index contributed by atoms with van der Waals surface area (Å²) in [6, 6.07) is 0. The number of unbranched alkanes of at least 4 members (excludes halogenated alkanes) is 9. The normalized spacial score (nSPS) is 13.4. The van der Waals surface area contributed by atoms with Gasteiger partial charge in [-0.2, -0.15) is 0 Å². The van der Waals surface area contributed by atoms with Gasteiger partial charge in [-0.05, 0) is 113 Å². The van der Waals surface area contributed by atoms with Gasteiger partial charge in [-0.1, -0.05) is 150 Å². The molecule has 0 aliphatic carbocycles. The summed E-state index contributed by atoms with van der Waals surface area (Å²) >= 11 is 0. The zero-order chi connectivity index (χ0) is 31.5. The Hall–Kier alpha value is 1.72. The van der Waals surface area contributed by atoms with Crippen molar-refractivity contribution in [2.75, 3.05) is 49.3 Å². The van der Waals surface area contributed by atoms with Crippen molar-refractivity contribution in [3.63, 3.8) is 0 Å². The van der Waals surface area contributed by atoms with Gasteiger partial charge in [0.1, 0.15) is 0 Å². The fraction of sp³-hybridized carbons (Fsp3) is 1.00. The van der Waals surface area contributed by atoms with Crippen molar-refractivity contribution >= 4 is 31.7 Å². The summed E-state index contributed by atoms with van der Waals surface area (Å²) in [4.78, 5) is 0. The van der Waals surface area contributed by atoms with Crippen molar-refractivity contribution in [1.82, 2.24) is 0 Å². The number of rotatable bonds is 32. The molecular formula is C38H82P4. The van der Waals surface area contributed by atoms with Gasteiger partial charge in [0, 0.05) is 4.64 Å². The molecule has 0 aromatic carbocycles. The lowest BCUT2D eigenvalue weighted by Crippen LogP contribution is -2.41. The highest BCUT2D eigenvalue weighted by molar-refractivity contribution is 7.94. The zero-order valence-electron chi connectivity index (χ0n) is 31.0. The van der Waals surface area contributed by atoms with E-state index in [0.29, 0.717) is 0 Å². The fourth-order valence-electron chi connectivity index (χ4n) is 6.81. The Morgan fingerprint density at radius 1 is 0.333 bits per heavy atom. The summed E-state index contributed by atoms with van der Waals surface area (Å²) < 4.78 is 0.765. The SMILES string of the molecule is CCCCC(P(CCCC)CCCC)C(P(CCCC)CCCC)(P(CCCC)CCCC)P(CCCC)CCCC. The van der Waals surface area contributed by atoms with Crippen LogP contribution in [0.15, 0.2) is 0 Å². The third kappa shape index (κ3) is 16.0. The van der Waals surface area contributed by atoms with Crippen molar-refractivity contribution in [3.05, 3.63) is 0 Å². The Morgan fingerprint density at radius 2 is 0.571 bits per heavy atom. The average molecular weight is 663 g/mol. The molecule has 0 bridgehead atoms. The van der Waals surface area contributed by atoms with Gasteiger partial charge in [-0.3, -0.25) is 0 Å². The molecule has 1 atom stereocenters. The minimum Gasteiger partial charge on any atom is -0.102 e. The fourth-order valence-corrected chi connectivity index (χ4v) is 30.0. The molecule has 0 aromatic heterocycles. The van der Waals surface area contributed by atoms with Crippen LogP contribution >= 0.6 is 31.7 Å². The van der Waals surface area contributed by atoms with E-state index in [1.54, 1.807) is 55.7 Å². The molecule has 0 spiro atoms. The molecule has 254 valence electrons. The maximum atomic E-state index is 2.50. The molecule has 0 saturated carbocycles. The summed E-state index contributed by atoms with van der Waals surface area (Å²) in [7, 11) is 0.397. The van der Waals surface area contributed by atoms with E-state index in [2.05, 4.69) is 62.3 Å². The molecule has 0 nitrogen and oxygen atoms in total. The summed E-state index contributed by atoms with van der Waals surface area (Å²) in [6.07, 6.45) is 40.7. The van der Waals surface area contributed by atoms with Crippen LogP contribution in [0, 0.1) is 0 Å². The van der Waals surface area contributed by atoms with E-state index < -0.39 is 0 Å². The average Bonchev–Trinajstić information content (AvgIpc) is 3.01. The highest BCUT2D eigenvalue weighted by Crippen LogP contribution is 2.85. The Morgan fingerprint density at radius 3 is 0.810 bits per heavy atom. The van der Waals surface area contributed by atoms with Crippen LogP contribution in [-0.2, 0) is 0 Å². The van der Waals surface area contributed by atoms with Crippen molar-refractivity contribution < 1.29 is 0 Å². The van der Waals surface area contributed by atoms with E-state index in [1.165, 1.54) is 116 Å². The Kier molecular flexibility index (Phi) is 31.3. The van der Waals surface area contributed by atoms with Crippen LogP contribution < -0.4 is 0 Å². The first-order chi connectivity index (χ1) is 20.5. The molecule has 1 unspecified atom stereocenters. The van der Waals surface area contributed by atoms with Crippen LogP contribution in [0.5, 0.6) is 0 Å². The predicted octanol–water partition coefficient (Wildman–Crippen LogP) is 15.5. The van der Waals surface area contributed by atoms with Gasteiger partial charge in [-0.15, -0.1) is 7.92 Å². The Labute approximate surface area is 274 Å². The summed E-state index contributed by atoms with van der Waals surface area (Å²) in [6.45, 7) is 22.4. The van der Waals surface area contributed by atoms with Crippen LogP contribution in [-0.4, -0.2) is 59.6 Å². The first-order valence-corrected chi connectivity index (χ1v) is 26.4. The third-order valence-electron chi connectivity index (χ3n) is 9.40. The van der Waals surface area contributed by atoms with Gasteiger partial charge >= 0.3 is 0 Å². The Balaban J connectivity index is 7.78. The van der Waals surface area contributed by atoms with Gasteiger partial charge in [0.2, 0.25) is 0 Å². The molecule has 0 radical (unpaired) electrons. The van der Waals surface area contributed by atoms with Gasteiger partial charge in [0.05, 0.1) is 0 Å². The van der Waals surface area contributed by atoms with Gasteiger partial charge in [0.25, 0.3) is 0 Å². The largest absolute Gasteiger partial charge is 0.102 e. The number of hydrogen-bond donors (Lipinski definition) is 0. The van der Waals surface area contributed by atoms with E-state index in [0.717, 1.165) is 10.3 Å². The number of hydrogen-bond acceptors (Lipinski definition) is 0. The molecule has 0 aliphatic heterocycles. The molecular weight excluding hydrogens is 580 g/mol. The summed E-state index contributed by atoms with van der Waals surface area (Å²) in [5.74, 6) is 0. The van der Waals surface area contributed by atoms with E-state index in [1.807, 2.05) is 0 Å². The van der Waals surface area contributed by atoms with Crippen LogP contribution in [0.2, 0.25) is 0 Å². The summed E-state index contributed by atoms with van der Waals surface area (Å²) in [5.41, 5.74) is 1.09. The lowest BCUT2D eigenvalue weighted by atomic mass is 10.2. The van der Waals surface area contributed by atoms with Crippen molar-refractivity contribution in [3.8, 4) is 0 Å². The van der Waals surface area contributed by atoms with Crippen LogP contribution in [0.1, 0.15) is 184 Å². The molecule has 42 heavy (non-hydrogen) atoms. The van der Waals surface area contributed by atoms with Crippen LogP contribution in [0.4, 0.5) is 0 Å². The molecule has 0 rings (SSSR count). The van der Waals surface area contributed by atoms with Crippen molar-refractivity contribution in [2.24, 2.45) is 0 Å². The molecule has 0 saturated heterocycles. The second kappa shape index (κ2) is 30.1. The van der Waals surface area contributed by atoms with E-state index in [9.17, 15) is 0 Å². The predicted molar refractivity (Wildman–Crippen MR) is 212 cm³/mol. The van der Waals surface area contributed by atoms with Crippen molar-refractivity contribution in [2.45, 2.75) is 195 Å². The molecule has 0 aliphatic rings. The summed E-state index contributed by atoms with van der Waals surface area (Å²) in [5, 5.41) is 0. The highest BCUT2D eigenvalue weighted by Gasteiger charge is 2.54. The van der Waals surface area contributed by atoms with Crippen LogP contribution in [0.3, 0.4) is 0 Å². The molecule has 0 fully saturated rings. The smallest absolute Gasteiger partial charge is 0.0367 e. The second-order valence-corrected chi connectivity index (χ2v) is 25.0. The Bertz CT molecular complexity index is 471. The monoisotopic (exact) mass is 663 g/mol. The molecule has 0 N–H and O–H groups in total. The van der Waals surface area contributed by atoms with E-state index >= 15 is 0 Å². The lowest BCUT2D eigenvalue weighted by molar-refractivity contribution is 0.670. The molecule has 0 aromatic rings. The topological polar surface area (TPSA) is 0 Å². The van der Waals surface area contributed by atoms with E-state index in [4.69, 9.17) is 0 Å². The van der Waals surface area contributed by atoms with E-state index in [-0.39, 0.29) is 31.7 Å². The minimum absolute atomic E-state index is 0.0904. The third-order valence-corrected chi connectivity index (χ3v) is 27.3. The molecule has 4 heteroatoms. The van der Waals surface area contributed by atoms with Gasteiger partial charge in [0.15, 0.2) is 0 Å². The first kappa shape index (κ1) is 43.7. The maximum absolute atomic E-state index is 2.50. The van der Waals surface area contributed by atoms with Gasteiger partial charge in [-0.25, -0.2) is 0 Å². The molecule has 0 heterocycles. The van der Waals surface area contributed by atoms with Gasteiger partial charge < -0.3 is 0 Å². The van der Waals surface area contributed by atoms with Crippen molar-refractivity contribution in [1.29, 1.82) is 0 Å². The quantitative estimate of drug-likeness (QED) is 0.0629. The lowest BCUT2D eigenvalue weighted by Gasteiger charge is -2.59. The van der Waals surface area contributed by atoms with Crippen LogP contribution in [0.25, 0.3) is 0 Å². The minimum atomic E-state index is 0.0904. The second-order valence-electron chi connectivity index (χ2n) is 13.2. The molecule has 0 amide bonds. The standard InChI is InChI=1S/C38H82P4/c1-10-19-28-37(39(29-20-11-2)30-21-12-3)38(40(31-22-13-4)32-23-14-5,41(33-24-15-6)34-25-16-7)42(35-26-17-8)36-27-18-9/h37H,10-36H2,1-9H3. The maximum Gasteiger partial charge on any atom is 0.0367 e. The highest BCUT2D eigenvalue weighted by atomic mass is 31.2.